The second kappa shape index (κ2) is 6.61. The average molecular weight is 307 g/mol. The first-order valence-electron chi connectivity index (χ1n) is 6.95. The molecule has 1 N–H and O–H groups in total. The van der Waals surface area contributed by atoms with Crippen LogP contribution in [0, 0.1) is 11.6 Å². The first-order valence-corrected chi connectivity index (χ1v) is 6.95. The molecule has 0 bridgehead atoms. The topological polar surface area (TPSA) is 66.9 Å². The van der Waals surface area contributed by atoms with Gasteiger partial charge in [0.25, 0.3) is 0 Å². The molecule has 1 aromatic heterocycles. The molecule has 8 heteroatoms. The van der Waals surface area contributed by atoms with E-state index in [4.69, 9.17) is 4.74 Å². The van der Waals surface area contributed by atoms with Gasteiger partial charge in [0.1, 0.15) is 12.4 Å². The van der Waals surface area contributed by atoms with Crippen molar-refractivity contribution in [3.8, 4) is 5.75 Å². The molecule has 1 aromatic carbocycles. The Kier molecular flexibility index (Phi) is 4.38. The molecular weight excluding hydrogens is 292 g/mol. The van der Waals surface area contributed by atoms with Gasteiger partial charge in [-0.1, -0.05) is 6.08 Å². The van der Waals surface area contributed by atoms with Crippen LogP contribution in [0.4, 0.5) is 8.78 Å². The number of hydrogen-bond acceptors (Lipinski definition) is 5. The molecule has 0 radical (unpaired) electrons. The van der Waals surface area contributed by atoms with Crippen LogP contribution in [0.2, 0.25) is 0 Å². The molecule has 1 aliphatic rings. The Balaban J connectivity index is 1.51. The van der Waals surface area contributed by atoms with E-state index in [9.17, 15) is 8.78 Å². The molecule has 0 atom stereocenters. The Bertz CT molecular complexity index is 659. The van der Waals surface area contributed by atoms with Crippen molar-refractivity contribution < 1.29 is 13.5 Å². The largest absolute Gasteiger partial charge is 0.489 e. The molecule has 0 unspecified atom stereocenters. The van der Waals surface area contributed by atoms with Gasteiger partial charge in [0.05, 0.1) is 0 Å². The van der Waals surface area contributed by atoms with Crippen LogP contribution in [-0.2, 0) is 0 Å². The van der Waals surface area contributed by atoms with Gasteiger partial charge in [-0.25, -0.2) is 8.78 Å². The molecule has 3 rings (SSSR count). The summed E-state index contributed by atoms with van der Waals surface area (Å²) >= 11 is 0. The van der Waals surface area contributed by atoms with Gasteiger partial charge < -0.3 is 4.74 Å². The van der Waals surface area contributed by atoms with Gasteiger partial charge in [0, 0.05) is 31.3 Å². The van der Waals surface area contributed by atoms with Crippen LogP contribution in [0.3, 0.4) is 0 Å². The number of aromatic nitrogens is 4. The van der Waals surface area contributed by atoms with Crippen LogP contribution >= 0.6 is 0 Å². The molecule has 6 nitrogen and oxygen atoms in total. The number of aromatic amines is 1. The lowest BCUT2D eigenvalue weighted by Crippen LogP contribution is -2.33. The van der Waals surface area contributed by atoms with Crippen LogP contribution in [0.25, 0.3) is 5.57 Å². The molecular formula is C14H15F2N5O. The van der Waals surface area contributed by atoms with E-state index in [-0.39, 0.29) is 5.75 Å². The maximum atomic E-state index is 13.4. The van der Waals surface area contributed by atoms with Crippen LogP contribution < -0.4 is 4.74 Å². The normalized spacial score (nSPS) is 15.6. The molecule has 0 aliphatic carbocycles. The maximum absolute atomic E-state index is 13.4. The van der Waals surface area contributed by atoms with Crippen molar-refractivity contribution in [2.24, 2.45) is 0 Å². The number of halogens is 2. The Labute approximate surface area is 125 Å². The zero-order valence-corrected chi connectivity index (χ0v) is 11.8. The average Bonchev–Trinajstić information content (AvgIpc) is 3.04. The third-order valence-electron chi connectivity index (χ3n) is 3.42. The summed E-state index contributed by atoms with van der Waals surface area (Å²) in [5.41, 5.74) is 1.01. The van der Waals surface area contributed by atoms with Crippen molar-refractivity contribution in [3.63, 3.8) is 0 Å². The van der Waals surface area contributed by atoms with Gasteiger partial charge in [-0.3, -0.25) is 4.90 Å². The lowest BCUT2D eigenvalue weighted by atomic mass is 10.1. The molecule has 116 valence electrons. The van der Waals surface area contributed by atoms with Gasteiger partial charge in [-0.2, -0.15) is 5.21 Å². The van der Waals surface area contributed by atoms with Crippen LogP contribution in [-0.4, -0.2) is 51.8 Å². The summed E-state index contributed by atoms with van der Waals surface area (Å²) in [5, 5.41) is 13.9. The molecule has 0 spiro atoms. The molecule has 0 amide bonds. The highest BCUT2D eigenvalue weighted by Gasteiger charge is 2.16. The van der Waals surface area contributed by atoms with Crippen molar-refractivity contribution >= 4 is 5.57 Å². The lowest BCUT2D eigenvalue weighted by molar-refractivity contribution is 0.217. The first-order chi connectivity index (χ1) is 10.7. The summed E-state index contributed by atoms with van der Waals surface area (Å²) in [6.45, 7) is 2.53. The number of benzene rings is 1. The number of nitrogens with one attached hydrogen (secondary N) is 1. The van der Waals surface area contributed by atoms with Crippen molar-refractivity contribution in [1.29, 1.82) is 0 Å². The summed E-state index contributed by atoms with van der Waals surface area (Å²) in [4.78, 5) is 2.16. The Morgan fingerprint density at radius 2 is 2.23 bits per heavy atom. The minimum Gasteiger partial charge on any atom is -0.489 e. The summed E-state index contributed by atoms with van der Waals surface area (Å²) in [6.07, 6.45) is 2.97. The highest BCUT2D eigenvalue weighted by molar-refractivity contribution is 5.61. The van der Waals surface area contributed by atoms with Gasteiger partial charge in [0.15, 0.2) is 11.6 Å². The van der Waals surface area contributed by atoms with E-state index in [0.717, 1.165) is 24.6 Å². The van der Waals surface area contributed by atoms with Gasteiger partial charge in [-0.15, -0.1) is 10.2 Å². The fourth-order valence-corrected chi connectivity index (χ4v) is 2.33. The van der Waals surface area contributed by atoms with Crippen molar-refractivity contribution in [2.45, 2.75) is 6.42 Å². The quantitative estimate of drug-likeness (QED) is 0.909. The summed E-state index contributed by atoms with van der Waals surface area (Å²) in [7, 11) is 0. The van der Waals surface area contributed by atoms with E-state index >= 15 is 0 Å². The Hall–Kier alpha value is -2.35. The third kappa shape index (κ3) is 3.45. The molecule has 22 heavy (non-hydrogen) atoms. The van der Waals surface area contributed by atoms with E-state index in [2.05, 4.69) is 31.6 Å². The van der Waals surface area contributed by atoms with Gasteiger partial charge in [-0.05, 0) is 23.8 Å². The van der Waals surface area contributed by atoms with Crippen molar-refractivity contribution in [2.75, 3.05) is 26.2 Å². The predicted molar refractivity (Wildman–Crippen MR) is 75.1 cm³/mol. The second-order valence-corrected chi connectivity index (χ2v) is 4.95. The fourth-order valence-electron chi connectivity index (χ4n) is 2.33. The summed E-state index contributed by atoms with van der Waals surface area (Å²) in [6, 6.07) is 3.29. The smallest absolute Gasteiger partial charge is 0.201 e. The van der Waals surface area contributed by atoms with Gasteiger partial charge >= 0.3 is 0 Å². The molecule has 1 aliphatic heterocycles. The van der Waals surface area contributed by atoms with E-state index < -0.39 is 11.6 Å². The number of ether oxygens (including phenoxy) is 1. The molecule has 0 saturated heterocycles. The molecule has 0 saturated carbocycles. The summed E-state index contributed by atoms with van der Waals surface area (Å²) in [5.74, 6) is -0.649. The highest BCUT2D eigenvalue weighted by atomic mass is 19.1. The molecule has 2 aromatic rings. The van der Waals surface area contributed by atoms with Crippen LogP contribution in [0.5, 0.6) is 5.75 Å². The predicted octanol–water partition coefficient (Wildman–Crippen LogP) is 1.65. The SMILES string of the molecule is Fc1ccc(OCCN2CCC=C(c3nn[nH]n3)C2)c(F)c1. The summed E-state index contributed by atoms with van der Waals surface area (Å²) < 4.78 is 31.6. The fraction of sp³-hybridized carbons (Fsp3) is 0.357. The number of nitrogens with zero attached hydrogens (tertiary/aromatic N) is 4. The number of rotatable bonds is 5. The third-order valence-corrected chi connectivity index (χ3v) is 3.42. The maximum Gasteiger partial charge on any atom is 0.201 e. The van der Waals surface area contributed by atoms with E-state index in [1.165, 1.54) is 12.1 Å². The van der Waals surface area contributed by atoms with E-state index in [1.54, 1.807) is 0 Å². The Morgan fingerprint density at radius 1 is 1.32 bits per heavy atom. The Morgan fingerprint density at radius 3 is 3.00 bits per heavy atom. The molecule has 2 heterocycles. The van der Waals surface area contributed by atoms with E-state index in [1.807, 2.05) is 0 Å². The number of hydrogen-bond donors (Lipinski definition) is 1. The van der Waals surface area contributed by atoms with Crippen molar-refractivity contribution in [3.05, 3.63) is 41.7 Å². The van der Waals surface area contributed by atoms with Crippen LogP contribution in [0.1, 0.15) is 12.2 Å². The zero-order valence-electron chi connectivity index (χ0n) is 11.8. The standard InChI is InChI=1S/C14H15F2N5O/c15-11-3-4-13(12(16)8-11)22-7-6-21-5-1-2-10(9-21)14-17-19-20-18-14/h2-4,8H,1,5-7,9H2,(H,17,18,19,20). The minimum absolute atomic E-state index is 0.0624. The molecule has 0 fully saturated rings. The number of H-pyrrole nitrogens is 1. The lowest BCUT2D eigenvalue weighted by Gasteiger charge is -2.25. The van der Waals surface area contributed by atoms with Gasteiger partial charge in [0.2, 0.25) is 5.82 Å². The second-order valence-electron chi connectivity index (χ2n) is 4.95. The first kappa shape index (κ1) is 14.6. The van der Waals surface area contributed by atoms with E-state index in [0.29, 0.717) is 25.5 Å². The monoisotopic (exact) mass is 307 g/mol. The van der Waals surface area contributed by atoms with Crippen molar-refractivity contribution in [1.82, 2.24) is 25.5 Å². The van der Waals surface area contributed by atoms with Crippen LogP contribution in [0.15, 0.2) is 24.3 Å². The highest BCUT2D eigenvalue weighted by Crippen LogP contribution is 2.19. The minimum atomic E-state index is -0.689. The zero-order chi connectivity index (χ0) is 15.4. The number of tetrazole rings is 1.